The molecule has 2 aromatic rings. The third kappa shape index (κ3) is 4.62. The standard InChI is InChI=1S/C23H28N4O3/c28-23(21-18-20(27(29)30)8-9-22(21)25-11-4-5-12-25)26-16-14-24(15-17-26)13-10-19-6-2-1-3-7-19/h1-3,6-9,18H,4-5,10-17H2. The van der Waals surface area contributed by atoms with E-state index < -0.39 is 4.92 Å². The van der Waals surface area contributed by atoms with Gasteiger partial charge in [-0.25, -0.2) is 0 Å². The van der Waals surface area contributed by atoms with E-state index in [2.05, 4.69) is 34.1 Å². The SMILES string of the molecule is O=C(c1cc([N+](=O)[O-])ccc1N1CCCC1)N1CCN(CCc2ccccc2)CC1. The summed E-state index contributed by atoms with van der Waals surface area (Å²) in [6.45, 7) is 5.71. The molecule has 0 atom stereocenters. The second-order valence-corrected chi connectivity index (χ2v) is 8.02. The van der Waals surface area contributed by atoms with Gasteiger partial charge in [0.05, 0.1) is 16.2 Å². The van der Waals surface area contributed by atoms with E-state index in [1.807, 2.05) is 11.0 Å². The van der Waals surface area contributed by atoms with E-state index in [9.17, 15) is 14.9 Å². The van der Waals surface area contributed by atoms with Crippen LogP contribution < -0.4 is 4.90 Å². The van der Waals surface area contributed by atoms with E-state index in [4.69, 9.17) is 0 Å². The van der Waals surface area contributed by atoms with Gasteiger partial charge in [0.15, 0.2) is 0 Å². The van der Waals surface area contributed by atoms with Crippen LogP contribution in [0.15, 0.2) is 48.5 Å². The molecule has 7 nitrogen and oxygen atoms in total. The highest BCUT2D eigenvalue weighted by Crippen LogP contribution is 2.29. The van der Waals surface area contributed by atoms with Gasteiger partial charge in [0.25, 0.3) is 11.6 Å². The molecule has 0 saturated carbocycles. The van der Waals surface area contributed by atoms with Crippen molar-refractivity contribution in [2.45, 2.75) is 19.3 Å². The maximum Gasteiger partial charge on any atom is 0.270 e. The summed E-state index contributed by atoms with van der Waals surface area (Å²) in [5, 5.41) is 11.3. The zero-order valence-corrected chi connectivity index (χ0v) is 17.2. The lowest BCUT2D eigenvalue weighted by Gasteiger charge is -2.35. The predicted octanol–water partition coefficient (Wildman–Crippen LogP) is 3.20. The third-order valence-corrected chi connectivity index (χ3v) is 6.09. The number of non-ortho nitro benzene ring substituents is 1. The molecule has 0 aliphatic carbocycles. The summed E-state index contributed by atoms with van der Waals surface area (Å²) < 4.78 is 0. The highest BCUT2D eigenvalue weighted by Gasteiger charge is 2.27. The monoisotopic (exact) mass is 408 g/mol. The van der Waals surface area contributed by atoms with E-state index in [1.54, 1.807) is 6.07 Å². The first-order valence-electron chi connectivity index (χ1n) is 10.7. The van der Waals surface area contributed by atoms with Gasteiger partial charge in [0.2, 0.25) is 0 Å². The van der Waals surface area contributed by atoms with Crippen LogP contribution in [0.2, 0.25) is 0 Å². The Morgan fingerprint density at radius 1 is 0.933 bits per heavy atom. The molecule has 2 aliphatic rings. The molecule has 0 unspecified atom stereocenters. The minimum atomic E-state index is -0.425. The number of nitro groups is 1. The molecule has 0 spiro atoms. The first kappa shape index (κ1) is 20.3. The van der Waals surface area contributed by atoms with Crippen molar-refractivity contribution >= 4 is 17.3 Å². The fourth-order valence-corrected chi connectivity index (χ4v) is 4.32. The van der Waals surface area contributed by atoms with E-state index >= 15 is 0 Å². The van der Waals surface area contributed by atoms with Crippen LogP contribution in [-0.4, -0.2) is 66.4 Å². The van der Waals surface area contributed by atoms with E-state index in [0.717, 1.165) is 57.7 Å². The smallest absolute Gasteiger partial charge is 0.270 e. The lowest BCUT2D eigenvalue weighted by Crippen LogP contribution is -2.49. The van der Waals surface area contributed by atoms with Crippen molar-refractivity contribution in [1.82, 2.24) is 9.80 Å². The van der Waals surface area contributed by atoms with Gasteiger partial charge in [-0.05, 0) is 30.9 Å². The summed E-state index contributed by atoms with van der Waals surface area (Å²) in [7, 11) is 0. The number of nitrogens with zero attached hydrogens (tertiary/aromatic N) is 4. The highest BCUT2D eigenvalue weighted by molar-refractivity contribution is 6.00. The number of rotatable bonds is 6. The fourth-order valence-electron chi connectivity index (χ4n) is 4.32. The molecule has 7 heteroatoms. The van der Waals surface area contributed by atoms with Crippen LogP contribution in [0.25, 0.3) is 0 Å². The second-order valence-electron chi connectivity index (χ2n) is 8.02. The Morgan fingerprint density at radius 3 is 2.30 bits per heavy atom. The van der Waals surface area contributed by atoms with E-state index in [-0.39, 0.29) is 11.6 Å². The molecule has 1 amide bonds. The molecule has 0 N–H and O–H groups in total. The number of hydrogen-bond donors (Lipinski definition) is 0. The van der Waals surface area contributed by atoms with Gasteiger partial charge in [0.1, 0.15) is 0 Å². The number of carbonyl (C=O) groups excluding carboxylic acids is 1. The molecule has 2 heterocycles. The van der Waals surface area contributed by atoms with Crippen molar-refractivity contribution in [3.8, 4) is 0 Å². The maximum absolute atomic E-state index is 13.3. The zero-order chi connectivity index (χ0) is 20.9. The molecule has 0 aromatic heterocycles. The second kappa shape index (κ2) is 9.26. The van der Waals surface area contributed by atoms with E-state index in [0.29, 0.717) is 18.7 Å². The van der Waals surface area contributed by atoms with Crippen molar-refractivity contribution in [3.63, 3.8) is 0 Å². The largest absolute Gasteiger partial charge is 0.371 e. The Labute approximate surface area is 177 Å². The molecule has 30 heavy (non-hydrogen) atoms. The fraction of sp³-hybridized carbons (Fsp3) is 0.435. The topological polar surface area (TPSA) is 69.9 Å². The molecule has 2 saturated heterocycles. The van der Waals surface area contributed by atoms with Crippen LogP contribution >= 0.6 is 0 Å². The summed E-state index contributed by atoms with van der Waals surface area (Å²) >= 11 is 0. The van der Waals surface area contributed by atoms with Crippen molar-refractivity contribution in [2.75, 3.05) is 50.7 Å². The lowest BCUT2D eigenvalue weighted by atomic mass is 10.1. The van der Waals surface area contributed by atoms with Crippen LogP contribution in [0.3, 0.4) is 0 Å². The summed E-state index contributed by atoms with van der Waals surface area (Å²) in [5.41, 5.74) is 2.59. The first-order chi connectivity index (χ1) is 14.6. The van der Waals surface area contributed by atoms with Gasteiger partial charge in [-0.3, -0.25) is 19.8 Å². The Balaban J connectivity index is 1.42. The molecular formula is C23H28N4O3. The Bertz CT molecular complexity index is 889. The summed E-state index contributed by atoms with van der Waals surface area (Å²) in [6, 6.07) is 15.1. The van der Waals surface area contributed by atoms with Crippen molar-refractivity contribution in [1.29, 1.82) is 0 Å². The van der Waals surface area contributed by atoms with Crippen LogP contribution in [-0.2, 0) is 6.42 Å². The summed E-state index contributed by atoms with van der Waals surface area (Å²) in [5.74, 6) is -0.0942. The summed E-state index contributed by atoms with van der Waals surface area (Å²) in [6.07, 6.45) is 3.17. The average Bonchev–Trinajstić information content (AvgIpc) is 3.32. The van der Waals surface area contributed by atoms with Crippen molar-refractivity contribution in [2.24, 2.45) is 0 Å². The van der Waals surface area contributed by atoms with Gasteiger partial charge in [-0.2, -0.15) is 0 Å². The lowest BCUT2D eigenvalue weighted by molar-refractivity contribution is -0.384. The Hall–Kier alpha value is -2.93. The number of nitro benzene ring substituents is 1. The molecular weight excluding hydrogens is 380 g/mol. The molecule has 158 valence electrons. The van der Waals surface area contributed by atoms with Crippen LogP contribution in [0.4, 0.5) is 11.4 Å². The number of anilines is 1. The molecule has 0 bridgehead atoms. The molecule has 0 radical (unpaired) electrons. The van der Waals surface area contributed by atoms with Crippen LogP contribution in [0.1, 0.15) is 28.8 Å². The zero-order valence-electron chi connectivity index (χ0n) is 17.2. The van der Waals surface area contributed by atoms with Crippen molar-refractivity contribution < 1.29 is 9.72 Å². The minimum Gasteiger partial charge on any atom is -0.371 e. The van der Waals surface area contributed by atoms with Gasteiger partial charge < -0.3 is 9.80 Å². The van der Waals surface area contributed by atoms with Gasteiger partial charge in [-0.15, -0.1) is 0 Å². The van der Waals surface area contributed by atoms with E-state index in [1.165, 1.54) is 17.7 Å². The van der Waals surface area contributed by atoms with Crippen LogP contribution in [0.5, 0.6) is 0 Å². The number of benzene rings is 2. The molecule has 2 aliphatic heterocycles. The maximum atomic E-state index is 13.3. The predicted molar refractivity (Wildman–Crippen MR) is 117 cm³/mol. The first-order valence-corrected chi connectivity index (χ1v) is 10.7. The van der Waals surface area contributed by atoms with Gasteiger partial charge in [-0.1, -0.05) is 30.3 Å². The number of hydrogen-bond acceptors (Lipinski definition) is 5. The third-order valence-electron chi connectivity index (χ3n) is 6.09. The average molecular weight is 409 g/mol. The number of piperazine rings is 1. The Kier molecular flexibility index (Phi) is 6.28. The Morgan fingerprint density at radius 2 is 1.63 bits per heavy atom. The molecule has 2 fully saturated rings. The molecule has 4 rings (SSSR count). The number of carbonyl (C=O) groups is 1. The quantitative estimate of drug-likeness (QED) is 0.542. The van der Waals surface area contributed by atoms with Crippen molar-refractivity contribution in [3.05, 3.63) is 69.8 Å². The minimum absolute atomic E-state index is 0.0252. The normalized spacial score (nSPS) is 17.3. The van der Waals surface area contributed by atoms with Crippen LogP contribution in [0, 0.1) is 10.1 Å². The highest BCUT2D eigenvalue weighted by atomic mass is 16.6. The number of amides is 1. The molecule has 2 aromatic carbocycles. The van der Waals surface area contributed by atoms with Gasteiger partial charge >= 0.3 is 0 Å². The summed E-state index contributed by atoms with van der Waals surface area (Å²) in [4.78, 5) is 30.5. The van der Waals surface area contributed by atoms with Gasteiger partial charge in [0, 0.05) is 57.9 Å².